The highest BCUT2D eigenvalue weighted by molar-refractivity contribution is 5.84. The van der Waals surface area contributed by atoms with Gasteiger partial charge in [-0.15, -0.1) is 0 Å². The zero-order valence-corrected chi connectivity index (χ0v) is 19.5. The van der Waals surface area contributed by atoms with E-state index in [-0.39, 0.29) is 18.4 Å². The Kier molecular flexibility index (Phi) is 12.4. The number of hydrogen-bond donors (Lipinski definition) is 0. The van der Waals surface area contributed by atoms with Crippen molar-refractivity contribution in [2.24, 2.45) is 13.0 Å². The minimum atomic E-state index is 0.0460. The highest BCUT2D eigenvalue weighted by Crippen LogP contribution is 2.12. The number of hydrogen-bond acceptors (Lipinski definition) is 2. The van der Waals surface area contributed by atoms with E-state index >= 15 is 0 Å². The molecule has 0 bridgehead atoms. The fourth-order valence-electron chi connectivity index (χ4n) is 3.59. The van der Waals surface area contributed by atoms with E-state index in [0.29, 0.717) is 32.0 Å². The Bertz CT molecular complexity index is 595. The predicted molar refractivity (Wildman–Crippen MR) is 121 cm³/mol. The van der Waals surface area contributed by atoms with Gasteiger partial charge in [0.05, 0.1) is 13.1 Å². The van der Waals surface area contributed by atoms with Crippen LogP contribution in [0.4, 0.5) is 0 Å². The quantitative estimate of drug-likeness (QED) is 0.386. The average molecular weight is 406 g/mol. The van der Waals surface area contributed by atoms with E-state index in [1.165, 1.54) is 25.7 Å². The van der Waals surface area contributed by atoms with Gasteiger partial charge >= 0.3 is 0 Å². The number of aromatic nitrogens is 1. The number of amides is 2. The first-order valence-corrected chi connectivity index (χ1v) is 11.5. The first-order chi connectivity index (χ1) is 13.9. The molecule has 0 radical (unpaired) electrons. The van der Waals surface area contributed by atoms with Crippen LogP contribution < -0.4 is 0 Å². The molecule has 1 heterocycles. The normalized spacial score (nSPS) is 11.1. The topological polar surface area (TPSA) is 45.6 Å². The molecule has 0 aromatic carbocycles. The number of nitrogens with zero attached hydrogens (tertiary/aromatic N) is 3. The summed E-state index contributed by atoms with van der Waals surface area (Å²) in [7, 11) is 2.00. The number of unbranched alkanes of at least 4 members (excludes halogenated alkanes) is 5. The van der Waals surface area contributed by atoms with Crippen molar-refractivity contribution in [3.05, 3.63) is 24.0 Å². The van der Waals surface area contributed by atoms with Crippen LogP contribution in [-0.4, -0.2) is 45.8 Å². The zero-order chi connectivity index (χ0) is 21.6. The minimum Gasteiger partial charge on any atom is -0.353 e. The van der Waals surface area contributed by atoms with E-state index in [2.05, 4.69) is 27.7 Å². The number of carbonyl (C=O) groups is 2. The molecular formula is C24H43N3O2. The molecule has 0 saturated carbocycles. The van der Waals surface area contributed by atoms with Crippen molar-refractivity contribution in [2.45, 2.75) is 85.6 Å². The van der Waals surface area contributed by atoms with Crippen molar-refractivity contribution in [1.29, 1.82) is 0 Å². The van der Waals surface area contributed by atoms with Crippen molar-refractivity contribution in [3.63, 3.8) is 0 Å². The van der Waals surface area contributed by atoms with Crippen LogP contribution in [0.1, 0.15) is 84.8 Å². The second-order valence-corrected chi connectivity index (χ2v) is 8.61. The maximum atomic E-state index is 13.1. The Labute approximate surface area is 178 Å². The van der Waals surface area contributed by atoms with E-state index in [4.69, 9.17) is 0 Å². The van der Waals surface area contributed by atoms with E-state index in [1.807, 2.05) is 34.8 Å². The van der Waals surface area contributed by atoms with Gasteiger partial charge in [0.25, 0.3) is 0 Å². The maximum Gasteiger partial charge on any atom is 0.242 e. The van der Waals surface area contributed by atoms with Gasteiger partial charge in [-0.05, 0) is 30.9 Å². The van der Waals surface area contributed by atoms with Gasteiger partial charge < -0.3 is 14.4 Å². The molecule has 0 fully saturated rings. The second-order valence-electron chi connectivity index (χ2n) is 8.61. The van der Waals surface area contributed by atoms with Crippen LogP contribution in [0.15, 0.2) is 18.3 Å². The van der Waals surface area contributed by atoms with Crippen molar-refractivity contribution < 1.29 is 9.59 Å². The Morgan fingerprint density at radius 1 is 0.966 bits per heavy atom. The maximum absolute atomic E-state index is 13.1. The van der Waals surface area contributed by atoms with Crippen LogP contribution in [-0.2, 0) is 23.2 Å². The summed E-state index contributed by atoms with van der Waals surface area (Å²) in [6.07, 6.45) is 10.4. The molecular weight excluding hydrogens is 362 g/mol. The number of aryl methyl sites for hydroxylation is 1. The van der Waals surface area contributed by atoms with Gasteiger partial charge in [-0.25, -0.2) is 0 Å². The van der Waals surface area contributed by atoms with Crippen molar-refractivity contribution in [2.75, 3.05) is 19.6 Å². The molecule has 0 aliphatic rings. The molecule has 1 aromatic rings. The third-order valence-electron chi connectivity index (χ3n) is 5.26. The summed E-state index contributed by atoms with van der Waals surface area (Å²) in [6, 6.07) is 4.05. The molecule has 5 heteroatoms. The molecule has 0 N–H and O–H groups in total. The van der Waals surface area contributed by atoms with E-state index in [0.717, 1.165) is 25.0 Å². The Morgan fingerprint density at radius 3 is 2.24 bits per heavy atom. The third kappa shape index (κ3) is 10.00. The summed E-state index contributed by atoms with van der Waals surface area (Å²) in [5.74, 6) is 0.557. The van der Waals surface area contributed by atoms with Crippen molar-refractivity contribution in [1.82, 2.24) is 14.4 Å². The van der Waals surface area contributed by atoms with Gasteiger partial charge in [0.15, 0.2) is 0 Å². The SMILES string of the molecule is CCCCCCCCC(=O)N(CCC)CC(=O)N(Cc1cccn1C)CC(C)C. The number of rotatable bonds is 15. The lowest BCUT2D eigenvalue weighted by atomic mass is 10.1. The summed E-state index contributed by atoms with van der Waals surface area (Å²) < 4.78 is 2.05. The molecule has 166 valence electrons. The van der Waals surface area contributed by atoms with Crippen LogP contribution in [0.5, 0.6) is 0 Å². The van der Waals surface area contributed by atoms with Crippen LogP contribution in [0.25, 0.3) is 0 Å². The van der Waals surface area contributed by atoms with Crippen LogP contribution in [0, 0.1) is 5.92 Å². The number of carbonyl (C=O) groups excluding carboxylic acids is 2. The lowest BCUT2D eigenvalue weighted by Gasteiger charge is -2.29. The summed E-state index contributed by atoms with van der Waals surface area (Å²) in [5, 5.41) is 0. The van der Waals surface area contributed by atoms with Crippen molar-refractivity contribution >= 4 is 11.8 Å². The molecule has 5 nitrogen and oxygen atoms in total. The Hall–Kier alpha value is -1.78. The Balaban J connectivity index is 2.63. The van der Waals surface area contributed by atoms with Gasteiger partial charge in [0.2, 0.25) is 11.8 Å². The molecule has 29 heavy (non-hydrogen) atoms. The first-order valence-electron chi connectivity index (χ1n) is 11.5. The standard InChI is InChI=1S/C24H43N3O2/c1-6-8-9-10-11-12-15-23(28)26(16-7-2)20-24(29)27(18-21(3)4)19-22-14-13-17-25(22)5/h13-14,17,21H,6-12,15-16,18-20H2,1-5H3. The summed E-state index contributed by atoms with van der Waals surface area (Å²) in [6.45, 7) is 10.7. The highest BCUT2D eigenvalue weighted by atomic mass is 16.2. The summed E-state index contributed by atoms with van der Waals surface area (Å²) >= 11 is 0. The monoisotopic (exact) mass is 405 g/mol. The molecule has 0 atom stereocenters. The second kappa shape index (κ2) is 14.2. The highest BCUT2D eigenvalue weighted by Gasteiger charge is 2.22. The van der Waals surface area contributed by atoms with Crippen LogP contribution >= 0.6 is 0 Å². The summed E-state index contributed by atoms with van der Waals surface area (Å²) in [5.41, 5.74) is 1.11. The van der Waals surface area contributed by atoms with E-state index in [1.54, 1.807) is 4.90 Å². The lowest BCUT2D eigenvalue weighted by Crippen LogP contribution is -2.44. The predicted octanol–water partition coefficient (Wildman–Crippen LogP) is 5.00. The lowest BCUT2D eigenvalue weighted by molar-refractivity contribution is -0.141. The molecule has 0 spiro atoms. The smallest absolute Gasteiger partial charge is 0.242 e. The zero-order valence-electron chi connectivity index (χ0n) is 19.5. The van der Waals surface area contributed by atoms with Gasteiger partial charge in [-0.1, -0.05) is 59.8 Å². The molecule has 0 saturated heterocycles. The fraction of sp³-hybridized carbons (Fsp3) is 0.750. The van der Waals surface area contributed by atoms with Gasteiger partial charge in [-0.2, -0.15) is 0 Å². The fourth-order valence-corrected chi connectivity index (χ4v) is 3.59. The van der Waals surface area contributed by atoms with E-state index in [9.17, 15) is 9.59 Å². The largest absolute Gasteiger partial charge is 0.353 e. The van der Waals surface area contributed by atoms with Gasteiger partial charge in [0, 0.05) is 38.4 Å². The minimum absolute atomic E-state index is 0.0460. The third-order valence-corrected chi connectivity index (χ3v) is 5.26. The van der Waals surface area contributed by atoms with Crippen LogP contribution in [0.2, 0.25) is 0 Å². The molecule has 0 unspecified atom stereocenters. The molecule has 1 aromatic heterocycles. The summed E-state index contributed by atoms with van der Waals surface area (Å²) in [4.78, 5) is 29.5. The van der Waals surface area contributed by atoms with Crippen molar-refractivity contribution in [3.8, 4) is 0 Å². The van der Waals surface area contributed by atoms with Gasteiger partial charge in [0.1, 0.15) is 0 Å². The molecule has 0 aliphatic carbocycles. The molecule has 2 amide bonds. The van der Waals surface area contributed by atoms with Crippen LogP contribution in [0.3, 0.4) is 0 Å². The van der Waals surface area contributed by atoms with E-state index < -0.39 is 0 Å². The van der Waals surface area contributed by atoms with Gasteiger partial charge in [-0.3, -0.25) is 9.59 Å². The molecule has 0 aliphatic heterocycles. The first kappa shape index (κ1) is 25.3. The average Bonchev–Trinajstić information content (AvgIpc) is 3.07. The Morgan fingerprint density at radius 2 is 1.66 bits per heavy atom. The molecule has 1 rings (SSSR count).